The number of hydrogen-bond donors (Lipinski definition) is 0. The Bertz CT molecular complexity index is 394. The van der Waals surface area contributed by atoms with Gasteiger partial charge in [-0.1, -0.05) is 37.9 Å². The highest BCUT2D eigenvalue weighted by Crippen LogP contribution is 2.27. The topological polar surface area (TPSA) is 0 Å². The molecule has 0 atom stereocenters. The summed E-state index contributed by atoms with van der Waals surface area (Å²) in [7, 11) is 0. The van der Waals surface area contributed by atoms with Crippen molar-refractivity contribution in [3.63, 3.8) is 0 Å². The molecule has 2 heteroatoms. The molecular weight excluding hydrogens is 223 g/mol. The molecule has 0 unspecified atom stereocenters. The van der Waals surface area contributed by atoms with E-state index >= 15 is 0 Å². The summed E-state index contributed by atoms with van der Waals surface area (Å²) in [5.41, 5.74) is 2.71. The second-order valence-corrected chi connectivity index (χ2v) is 4.25. The summed E-state index contributed by atoms with van der Waals surface area (Å²) in [6, 6.07) is 3.51. The molecule has 16 heavy (non-hydrogen) atoms. The first-order valence-electron chi connectivity index (χ1n) is 5.77. The zero-order valence-corrected chi connectivity index (χ0v) is 10.9. The molecule has 0 amide bonds. The van der Waals surface area contributed by atoms with Gasteiger partial charge in [-0.05, 0) is 48.6 Å². The molecule has 0 aliphatic heterocycles. The standard InChI is InChI=1S/C14H18ClF/c1-4-7-11-9-14(16)10(5-2)8-12(11)13(15)6-3/h6,8-9H,4-5,7H2,1-3H3/b13-6+. The number of benzene rings is 1. The minimum atomic E-state index is -0.115. The summed E-state index contributed by atoms with van der Waals surface area (Å²) in [5.74, 6) is -0.115. The van der Waals surface area contributed by atoms with Gasteiger partial charge in [-0.25, -0.2) is 4.39 Å². The summed E-state index contributed by atoms with van der Waals surface area (Å²) >= 11 is 6.15. The van der Waals surface area contributed by atoms with Crippen LogP contribution in [0, 0.1) is 5.82 Å². The van der Waals surface area contributed by atoms with Gasteiger partial charge in [0.25, 0.3) is 0 Å². The van der Waals surface area contributed by atoms with Crippen LogP contribution in [0.4, 0.5) is 4.39 Å². The van der Waals surface area contributed by atoms with Crippen molar-refractivity contribution in [1.29, 1.82) is 0 Å². The van der Waals surface area contributed by atoms with Gasteiger partial charge in [0.1, 0.15) is 5.82 Å². The number of hydrogen-bond acceptors (Lipinski definition) is 0. The van der Waals surface area contributed by atoms with Gasteiger partial charge in [0.2, 0.25) is 0 Å². The molecule has 88 valence electrons. The van der Waals surface area contributed by atoms with Crippen molar-refractivity contribution in [2.75, 3.05) is 0 Å². The highest BCUT2D eigenvalue weighted by atomic mass is 35.5. The second-order valence-electron chi connectivity index (χ2n) is 3.84. The van der Waals surface area contributed by atoms with Crippen molar-refractivity contribution >= 4 is 16.6 Å². The minimum absolute atomic E-state index is 0.115. The van der Waals surface area contributed by atoms with Crippen LogP contribution in [0.3, 0.4) is 0 Å². The van der Waals surface area contributed by atoms with E-state index < -0.39 is 0 Å². The van der Waals surface area contributed by atoms with Crippen molar-refractivity contribution in [2.24, 2.45) is 0 Å². The summed E-state index contributed by atoms with van der Waals surface area (Å²) in [6.45, 7) is 5.93. The van der Waals surface area contributed by atoms with E-state index in [1.807, 2.05) is 26.0 Å². The van der Waals surface area contributed by atoms with Crippen molar-refractivity contribution in [1.82, 2.24) is 0 Å². The molecule has 0 radical (unpaired) electrons. The number of rotatable bonds is 4. The van der Waals surface area contributed by atoms with Gasteiger partial charge in [0.15, 0.2) is 0 Å². The monoisotopic (exact) mass is 240 g/mol. The Morgan fingerprint density at radius 3 is 2.50 bits per heavy atom. The Kier molecular flexibility index (Phi) is 5.01. The molecule has 0 nitrogen and oxygen atoms in total. The zero-order valence-electron chi connectivity index (χ0n) is 10.1. The quantitative estimate of drug-likeness (QED) is 0.699. The van der Waals surface area contributed by atoms with Crippen LogP contribution in [0.2, 0.25) is 0 Å². The van der Waals surface area contributed by atoms with Crippen LogP contribution < -0.4 is 0 Å². The maximum Gasteiger partial charge on any atom is 0.126 e. The lowest BCUT2D eigenvalue weighted by Gasteiger charge is -2.11. The Morgan fingerprint density at radius 2 is 2.00 bits per heavy atom. The summed E-state index contributed by atoms with van der Waals surface area (Å²) in [5, 5.41) is 0.707. The fourth-order valence-corrected chi connectivity index (χ4v) is 1.96. The van der Waals surface area contributed by atoms with Crippen LogP contribution in [0.15, 0.2) is 18.2 Å². The smallest absolute Gasteiger partial charge is 0.126 e. The Morgan fingerprint density at radius 1 is 1.31 bits per heavy atom. The van der Waals surface area contributed by atoms with E-state index in [2.05, 4.69) is 6.92 Å². The highest BCUT2D eigenvalue weighted by molar-refractivity contribution is 6.48. The number of allylic oxidation sites excluding steroid dienone is 1. The fourth-order valence-electron chi connectivity index (χ4n) is 1.78. The van der Waals surface area contributed by atoms with Gasteiger partial charge < -0.3 is 0 Å². The van der Waals surface area contributed by atoms with Crippen LogP contribution in [-0.4, -0.2) is 0 Å². The van der Waals surface area contributed by atoms with E-state index in [1.54, 1.807) is 6.07 Å². The molecular formula is C14H18ClF. The molecule has 0 spiro atoms. The Balaban J connectivity index is 3.30. The van der Waals surface area contributed by atoms with E-state index in [-0.39, 0.29) is 5.82 Å². The molecule has 1 rings (SSSR count). The van der Waals surface area contributed by atoms with Crippen molar-refractivity contribution < 1.29 is 4.39 Å². The van der Waals surface area contributed by atoms with Crippen molar-refractivity contribution in [2.45, 2.75) is 40.0 Å². The zero-order chi connectivity index (χ0) is 12.1. The Hall–Kier alpha value is -0.820. The lowest BCUT2D eigenvalue weighted by atomic mass is 9.98. The number of aryl methyl sites for hydroxylation is 2. The highest BCUT2D eigenvalue weighted by Gasteiger charge is 2.10. The number of halogens is 2. The van der Waals surface area contributed by atoms with Gasteiger partial charge in [-0.2, -0.15) is 0 Å². The molecule has 0 bridgehead atoms. The summed E-state index contributed by atoms with van der Waals surface area (Å²) < 4.78 is 13.7. The fraction of sp³-hybridized carbons (Fsp3) is 0.429. The SMILES string of the molecule is C/C=C(/Cl)c1cc(CC)c(F)cc1CCC. The second kappa shape index (κ2) is 6.05. The summed E-state index contributed by atoms with van der Waals surface area (Å²) in [4.78, 5) is 0. The molecule has 0 aromatic heterocycles. The average Bonchev–Trinajstić information content (AvgIpc) is 2.29. The molecule has 0 heterocycles. The molecule has 0 aliphatic carbocycles. The van der Waals surface area contributed by atoms with E-state index in [9.17, 15) is 4.39 Å². The lowest BCUT2D eigenvalue weighted by molar-refractivity contribution is 0.609. The maximum absolute atomic E-state index is 13.7. The average molecular weight is 241 g/mol. The van der Waals surface area contributed by atoms with Crippen LogP contribution in [0.5, 0.6) is 0 Å². The predicted octanol–water partition coefficient (Wildman–Crippen LogP) is 4.94. The predicted molar refractivity (Wildman–Crippen MR) is 69.3 cm³/mol. The van der Waals surface area contributed by atoms with Gasteiger partial charge in [-0.3, -0.25) is 0 Å². The molecule has 1 aromatic carbocycles. The molecule has 1 aromatic rings. The van der Waals surface area contributed by atoms with Gasteiger partial charge in [0, 0.05) is 5.03 Å². The van der Waals surface area contributed by atoms with E-state index in [0.717, 1.165) is 29.5 Å². The van der Waals surface area contributed by atoms with Gasteiger partial charge in [0.05, 0.1) is 0 Å². The third-order valence-corrected chi connectivity index (χ3v) is 3.11. The maximum atomic E-state index is 13.7. The third-order valence-electron chi connectivity index (χ3n) is 2.68. The largest absolute Gasteiger partial charge is 0.207 e. The first kappa shape index (κ1) is 13.2. The Labute approximate surface area is 102 Å². The first-order chi connectivity index (χ1) is 7.63. The van der Waals surface area contributed by atoms with Gasteiger partial charge >= 0.3 is 0 Å². The van der Waals surface area contributed by atoms with Crippen LogP contribution in [0.1, 0.15) is 43.9 Å². The molecule has 0 saturated heterocycles. The van der Waals surface area contributed by atoms with Crippen LogP contribution in [0.25, 0.3) is 5.03 Å². The normalized spacial score (nSPS) is 11.9. The summed E-state index contributed by atoms with van der Waals surface area (Å²) in [6.07, 6.45) is 4.40. The van der Waals surface area contributed by atoms with E-state index in [4.69, 9.17) is 11.6 Å². The molecule has 0 saturated carbocycles. The molecule has 0 fully saturated rings. The third kappa shape index (κ3) is 2.85. The van der Waals surface area contributed by atoms with Crippen LogP contribution in [-0.2, 0) is 12.8 Å². The van der Waals surface area contributed by atoms with Gasteiger partial charge in [-0.15, -0.1) is 0 Å². The van der Waals surface area contributed by atoms with Crippen molar-refractivity contribution in [3.8, 4) is 0 Å². The lowest BCUT2D eigenvalue weighted by Crippen LogP contribution is -1.97. The molecule has 0 aliphatic rings. The van der Waals surface area contributed by atoms with Crippen LogP contribution >= 0.6 is 11.6 Å². The van der Waals surface area contributed by atoms with E-state index in [0.29, 0.717) is 11.5 Å². The molecule has 0 N–H and O–H groups in total. The first-order valence-corrected chi connectivity index (χ1v) is 6.15. The van der Waals surface area contributed by atoms with E-state index in [1.165, 1.54) is 0 Å². The minimum Gasteiger partial charge on any atom is -0.207 e. The van der Waals surface area contributed by atoms with Crippen molar-refractivity contribution in [3.05, 3.63) is 40.7 Å².